The molecule has 0 radical (unpaired) electrons. The number of hydrogen-bond acceptors (Lipinski definition) is 5. The van der Waals surface area contributed by atoms with E-state index in [1.54, 1.807) is 23.5 Å². The number of hydrogen-bond donors (Lipinski definition) is 0. The molecule has 0 spiro atoms. The van der Waals surface area contributed by atoms with Crippen molar-refractivity contribution in [2.45, 2.75) is 28.5 Å². The van der Waals surface area contributed by atoms with E-state index in [0.717, 1.165) is 40.7 Å². The predicted octanol–water partition coefficient (Wildman–Crippen LogP) is 3.21. The molecule has 1 amide bonds. The summed E-state index contributed by atoms with van der Waals surface area (Å²) in [4.78, 5) is 14.5. The van der Waals surface area contributed by atoms with Gasteiger partial charge in [0.25, 0.3) is 5.91 Å². The van der Waals surface area contributed by atoms with E-state index in [9.17, 15) is 4.79 Å². The molecule has 94 valence electrons. The van der Waals surface area contributed by atoms with Crippen LogP contribution in [-0.2, 0) is 0 Å². The average Bonchev–Trinajstić information content (AvgIpc) is 2.81. The van der Waals surface area contributed by atoms with Crippen molar-refractivity contribution in [1.29, 1.82) is 0 Å². The maximum Gasteiger partial charge on any atom is 0.258 e. The summed E-state index contributed by atoms with van der Waals surface area (Å²) in [6, 6.07) is 0. The van der Waals surface area contributed by atoms with Crippen LogP contribution in [0.3, 0.4) is 0 Å². The Morgan fingerprint density at radius 3 is 2.53 bits per heavy atom. The molecule has 1 saturated heterocycles. The van der Waals surface area contributed by atoms with Crippen molar-refractivity contribution in [2.75, 3.05) is 25.6 Å². The molecule has 1 aliphatic heterocycles. The van der Waals surface area contributed by atoms with Gasteiger partial charge < -0.3 is 4.90 Å². The van der Waals surface area contributed by atoms with Gasteiger partial charge in [0.15, 0.2) is 0 Å². The Balaban J connectivity index is 2.24. The van der Waals surface area contributed by atoms with Crippen molar-refractivity contribution < 1.29 is 4.79 Å². The molecular formula is C11H16N2OS3. The number of rotatable bonds is 3. The van der Waals surface area contributed by atoms with Crippen LogP contribution >= 0.6 is 35.1 Å². The molecule has 1 aromatic heterocycles. The van der Waals surface area contributed by atoms with Crippen molar-refractivity contribution in [3.8, 4) is 0 Å². The SMILES string of the molecule is CSc1nsc(SC)c1C(=O)N1CCCCC1. The van der Waals surface area contributed by atoms with Crippen molar-refractivity contribution in [2.24, 2.45) is 0 Å². The largest absolute Gasteiger partial charge is 0.339 e. The molecule has 0 aliphatic carbocycles. The maximum absolute atomic E-state index is 12.5. The molecule has 0 bridgehead atoms. The van der Waals surface area contributed by atoms with Crippen LogP contribution < -0.4 is 0 Å². The van der Waals surface area contributed by atoms with E-state index in [1.165, 1.54) is 18.0 Å². The minimum Gasteiger partial charge on any atom is -0.339 e. The number of carbonyl (C=O) groups excluding carboxylic acids is 1. The van der Waals surface area contributed by atoms with Crippen LogP contribution in [0, 0.1) is 0 Å². The Bertz CT molecular complexity index is 378. The minimum absolute atomic E-state index is 0.173. The molecule has 0 N–H and O–H groups in total. The molecule has 0 saturated carbocycles. The number of likely N-dealkylation sites (tertiary alicyclic amines) is 1. The fourth-order valence-corrected chi connectivity index (χ4v) is 4.24. The second-order valence-corrected chi connectivity index (χ2v) is 6.55. The molecular weight excluding hydrogens is 272 g/mol. The van der Waals surface area contributed by atoms with Gasteiger partial charge in [0, 0.05) is 13.1 Å². The third kappa shape index (κ3) is 2.80. The van der Waals surface area contributed by atoms with Crippen molar-refractivity contribution in [3.05, 3.63) is 5.56 Å². The zero-order valence-electron chi connectivity index (χ0n) is 10.1. The predicted molar refractivity (Wildman–Crippen MR) is 75.4 cm³/mol. The molecule has 6 heteroatoms. The molecule has 1 aliphatic rings. The Labute approximate surface area is 115 Å². The van der Waals surface area contributed by atoms with Gasteiger partial charge in [0.2, 0.25) is 0 Å². The lowest BCUT2D eigenvalue weighted by molar-refractivity contribution is 0.0718. The molecule has 0 unspecified atom stereocenters. The Morgan fingerprint density at radius 1 is 1.24 bits per heavy atom. The first-order valence-electron chi connectivity index (χ1n) is 5.65. The van der Waals surface area contributed by atoms with Crippen LogP contribution in [0.25, 0.3) is 0 Å². The fourth-order valence-electron chi connectivity index (χ4n) is 1.97. The highest BCUT2D eigenvalue weighted by atomic mass is 32.2. The Morgan fingerprint density at radius 2 is 1.94 bits per heavy atom. The van der Waals surface area contributed by atoms with Gasteiger partial charge in [-0.05, 0) is 43.3 Å². The molecule has 0 aromatic carbocycles. The van der Waals surface area contributed by atoms with E-state index in [2.05, 4.69) is 4.37 Å². The maximum atomic E-state index is 12.5. The summed E-state index contributed by atoms with van der Waals surface area (Å²) < 4.78 is 5.40. The zero-order chi connectivity index (χ0) is 12.3. The second-order valence-electron chi connectivity index (χ2n) is 3.91. The number of amides is 1. The highest BCUT2D eigenvalue weighted by Crippen LogP contribution is 2.33. The number of aromatic nitrogens is 1. The first-order chi connectivity index (χ1) is 8.27. The van der Waals surface area contributed by atoms with Crippen LogP contribution in [0.4, 0.5) is 0 Å². The molecule has 3 nitrogen and oxygen atoms in total. The number of thioether (sulfide) groups is 2. The highest BCUT2D eigenvalue weighted by molar-refractivity contribution is 8.01. The van der Waals surface area contributed by atoms with Gasteiger partial charge >= 0.3 is 0 Å². The summed E-state index contributed by atoms with van der Waals surface area (Å²) in [6.45, 7) is 1.80. The summed E-state index contributed by atoms with van der Waals surface area (Å²) in [7, 11) is 0. The molecule has 1 fully saturated rings. The van der Waals surface area contributed by atoms with E-state index in [4.69, 9.17) is 0 Å². The molecule has 2 heterocycles. The van der Waals surface area contributed by atoms with E-state index in [0.29, 0.717) is 0 Å². The summed E-state index contributed by atoms with van der Waals surface area (Å²) in [6.07, 6.45) is 7.49. The van der Waals surface area contributed by atoms with Crippen LogP contribution in [0.5, 0.6) is 0 Å². The third-order valence-electron chi connectivity index (χ3n) is 2.87. The lowest BCUT2D eigenvalue weighted by Crippen LogP contribution is -2.35. The van der Waals surface area contributed by atoms with E-state index >= 15 is 0 Å². The normalized spacial score (nSPS) is 16.2. The first kappa shape index (κ1) is 13.2. The van der Waals surface area contributed by atoms with Crippen molar-refractivity contribution in [1.82, 2.24) is 9.27 Å². The van der Waals surface area contributed by atoms with Gasteiger partial charge in [-0.25, -0.2) is 0 Å². The van der Waals surface area contributed by atoms with Gasteiger partial charge in [0.05, 0.1) is 9.77 Å². The molecule has 2 rings (SSSR count). The smallest absolute Gasteiger partial charge is 0.258 e. The third-order valence-corrected chi connectivity index (χ3v) is 5.61. The van der Waals surface area contributed by atoms with Crippen LogP contribution in [0.15, 0.2) is 9.24 Å². The molecule has 17 heavy (non-hydrogen) atoms. The van der Waals surface area contributed by atoms with E-state index in [-0.39, 0.29) is 5.91 Å². The van der Waals surface area contributed by atoms with Gasteiger partial charge in [-0.3, -0.25) is 4.79 Å². The summed E-state index contributed by atoms with van der Waals surface area (Å²) >= 11 is 4.62. The van der Waals surface area contributed by atoms with E-state index in [1.807, 2.05) is 17.4 Å². The summed E-state index contributed by atoms with van der Waals surface area (Å²) in [5, 5.41) is 0.884. The topological polar surface area (TPSA) is 33.2 Å². The quantitative estimate of drug-likeness (QED) is 0.800. The summed E-state index contributed by atoms with van der Waals surface area (Å²) in [5.74, 6) is 0.173. The van der Waals surface area contributed by atoms with Crippen LogP contribution in [-0.4, -0.2) is 40.8 Å². The van der Waals surface area contributed by atoms with Gasteiger partial charge in [-0.15, -0.1) is 23.5 Å². The first-order valence-corrected chi connectivity index (χ1v) is 8.87. The minimum atomic E-state index is 0.173. The molecule has 1 aromatic rings. The van der Waals surface area contributed by atoms with E-state index < -0.39 is 0 Å². The standard InChI is InChI=1S/C11H16N2OS3/c1-15-9-8(11(16-2)17-12-9)10(14)13-6-4-3-5-7-13/h3-7H2,1-2H3. The van der Waals surface area contributed by atoms with Gasteiger partial charge in [-0.2, -0.15) is 4.37 Å². The fraction of sp³-hybridized carbons (Fsp3) is 0.636. The Hall–Kier alpha value is -0.200. The highest BCUT2D eigenvalue weighted by Gasteiger charge is 2.25. The Kier molecular flexibility index (Phi) is 4.76. The zero-order valence-corrected chi connectivity index (χ0v) is 12.5. The number of piperidine rings is 1. The van der Waals surface area contributed by atoms with Gasteiger partial charge in [0.1, 0.15) is 5.03 Å². The number of carbonyl (C=O) groups is 1. The summed E-state index contributed by atoms with van der Waals surface area (Å²) in [5.41, 5.74) is 0.830. The monoisotopic (exact) mass is 288 g/mol. The number of nitrogens with zero attached hydrogens (tertiary/aromatic N) is 2. The lowest BCUT2D eigenvalue weighted by Gasteiger charge is -2.26. The van der Waals surface area contributed by atoms with Crippen molar-refractivity contribution >= 4 is 41.0 Å². The average molecular weight is 288 g/mol. The van der Waals surface area contributed by atoms with Crippen molar-refractivity contribution in [3.63, 3.8) is 0 Å². The molecule has 0 atom stereocenters. The lowest BCUT2D eigenvalue weighted by atomic mass is 10.1. The van der Waals surface area contributed by atoms with Crippen LogP contribution in [0.1, 0.15) is 29.6 Å². The second kappa shape index (κ2) is 6.11. The van der Waals surface area contributed by atoms with Crippen LogP contribution in [0.2, 0.25) is 0 Å². The van der Waals surface area contributed by atoms with Gasteiger partial charge in [-0.1, -0.05) is 0 Å².